The third kappa shape index (κ3) is 3.65. The van der Waals surface area contributed by atoms with Crippen LogP contribution in [0.25, 0.3) is 0 Å². The van der Waals surface area contributed by atoms with Gasteiger partial charge in [0.1, 0.15) is 11.5 Å². The molecule has 0 unspecified atom stereocenters. The molecule has 21 heavy (non-hydrogen) atoms. The second kappa shape index (κ2) is 6.78. The molecule has 0 aliphatic rings. The Hall–Kier alpha value is -1.79. The van der Waals surface area contributed by atoms with E-state index in [1.165, 1.54) is 19.2 Å². The summed E-state index contributed by atoms with van der Waals surface area (Å²) in [5.41, 5.74) is 0.798. The summed E-state index contributed by atoms with van der Waals surface area (Å²) in [6, 6.07) is 9.60. The highest BCUT2D eigenvalue weighted by Gasteiger charge is 2.18. The van der Waals surface area contributed by atoms with Crippen molar-refractivity contribution in [1.82, 2.24) is 0 Å². The predicted octanol–water partition coefficient (Wildman–Crippen LogP) is 4.94. The molecule has 0 aliphatic heterocycles. The summed E-state index contributed by atoms with van der Waals surface area (Å²) in [6.07, 6.45) is 0. The minimum Gasteiger partial charge on any atom is -0.496 e. The molecule has 0 spiro atoms. The van der Waals surface area contributed by atoms with Gasteiger partial charge >= 0.3 is 5.69 Å². The van der Waals surface area contributed by atoms with Gasteiger partial charge < -0.3 is 9.47 Å². The van der Waals surface area contributed by atoms with E-state index in [0.717, 1.165) is 5.56 Å². The van der Waals surface area contributed by atoms with Crippen molar-refractivity contribution in [3.05, 3.63) is 57.1 Å². The van der Waals surface area contributed by atoms with Crippen molar-refractivity contribution in [2.24, 2.45) is 0 Å². The van der Waals surface area contributed by atoms with Crippen LogP contribution in [-0.2, 0) is 5.33 Å². The second-order valence-electron chi connectivity index (χ2n) is 4.09. The van der Waals surface area contributed by atoms with E-state index in [0.29, 0.717) is 21.9 Å². The first-order valence-corrected chi connectivity index (χ1v) is 7.39. The molecule has 2 rings (SSSR count). The maximum atomic E-state index is 11.1. The van der Waals surface area contributed by atoms with Crippen LogP contribution in [0.1, 0.15) is 5.56 Å². The number of nitrogens with zero attached hydrogens (tertiary/aromatic N) is 1. The Kier molecular flexibility index (Phi) is 5.03. The van der Waals surface area contributed by atoms with Gasteiger partial charge in [-0.1, -0.05) is 33.6 Å². The molecule has 0 N–H and O–H groups in total. The number of nitro benzene ring substituents is 1. The van der Waals surface area contributed by atoms with Crippen LogP contribution in [0.4, 0.5) is 5.69 Å². The summed E-state index contributed by atoms with van der Waals surface area (Å²) in [7, 11) is 1.44. The van der Waals surface area contributed by atoms with Crippen LogP contribution < -0.4 is 9.47 Å². The minimum atomic E-state index is -0.529. The van der Waals surface area contributed by atoms with E-state index in [1.807, 2.05) is 6.07 Å². The molecule has 5 nitrogen and oxygen atoms in total. The fraction of sp³-hybridized carbons (Fsp3) is 0.143. The Balaban J connectivity index is 2.37. The highest BCUT2D eigenvalue weighted by Crippen LogP contribution is 2.37. The Morgan fingerprint density at radius 1 is 1.24 bits per heavy atom. The number of alkyl halides is 1. The van der Waals surface area contributed by atoms with E-state index in [-0.39, 0.29) is 11.4 Å². The van der Waals surface area contributed by atoms with Gasteiger partial charge in [0.15, 0.2) is 0 Å². The van der Waals surface area contributed by atoms with Crippen molar-refractivity contribution in [1.29, 1.82) is 0 Å². The molecule has 2 aromatic rings. The molecule has 0 saturated carbocycles. The van der Waals surface area contributed by atoms with Gasteiger partial charge in [0.2, 0.25) is 5.75 Å². The molecule has 2 aromatic carbocycles. The summed E-state index contributed by atoms with van der Waals surface area (Å²) in [4.78, 5) is 10.6. The lowest BCUT2D eigenvalue weighted by atomic mass is 10.2. The normalized spacial score (nSPS) is 10.2. The summed E-state index contributed by atoms with van der Waals surface area (Å²) >= 11 is 9.44. The van der Waals surface area contributed by atoms with Gasteiger partial charge in [0.25, 0.3) is 0 Å². The number of hydrogen-bond donors (Lipinski definition) is 0. The number of methoxy groups -OCH3 is 1. The van der Waals surface area contributed by atoms with E-state index in [2.05, 4.69) is 15.9 Å². The predicted molar refractivity (Wildman–Crippen MR) is 83.8 cm³/mol. The van der Waals surface area contributed by atoms with Gasteiger partial charge in [-0.05, 0) is 29.8 Å². The Morgan fingerprint density at radius 2 is 1.95 bits per heavy atom. The maximum Gasteiger partial charge on any atom is 0.315 e. The quantitative estimate of drug-likeness (QED) is 0.423. The summed E-state index contributed by atoms with van der Waals surface area (Å²) in [6.45, 7) is 0. The Bertz CT molecular complexity index is 678. The zero-order valence-corrected chi connectivity index (χ0v) is 13.3. The van der Waals surface area contributed by atoms with Crippen LogP contribution in [-0.4, -0.2) is 12.0 Å². The van der Waals surface area contributed by atoms with E-state index >= 15 is 0 Å². The highest BCUT2D eigenvalue weighted by molar-refractivity contribution is 9.08. The van der Waals surface area contributed by atoms with Crippen molar-refractivity contribution in [3.63, 3.8) is 0 Å². The molecule has 0 atom stereocenters. The number of ether oxygens (including phenoxy) is 2. The van der Waals surface area contributed by atoms with Crippen LogP contribution >= 0.6 is 27.5 Å². The van der Waals surface area contributed by atoms with Crippen molar-refractivity contribution < 1.29 is 14.4 Å². The minimum absolute atomic E-state index is 0.106. The number of rotatable bonds is 5. The highest BCUT2D eigenvalue weighted by atomic mass is 79.9. The van der Waals surface area contributed by atoms with Gasteiger partial charge in [-0.2, -0.15) is 0 Å². The second-order valence-corrected chi connectivity index (χ2v) is 5.06. The zero-order chi connectivity index (χ0) is 15.4. The molecule has 0 aliphatic carbocycles. The molecular formula is C14H11BrClNO4. The lowest BCUT2D eigenvalue weighted by molar-refractivity contribution is -0.385. The average molecular weight is 373 g/mol. The Morgan fingerprint density at radius 3 is 2.52 bits per heavy atom. The molecule has 110 valence electrons. The molecular weight excluding hydrogens is 362 g/mol. The van der Waals surface area contributed by atoms with Gasteiger partial charge in [-0.3, -0.25) is 10.1 Å². The smallest absolute Gasteiger partial charge is 0.315 e. The summed E-state index contributed by atoms with van der Waals surface area (Å²) < 4.78 is 10.5. The van der Waals surface area contributed by atoms with Crippen molar-refractivity contribution in [3.8, 4) is 17.2 Å². The Labute approximate surface area is 134 Å². The maximum absolute atomic E-state index is 11.1. The van der Waals surface area contributed by atoms with Crippen molar-refractivity contribution in [2.45, 2.75) is 5.33 Å². The molecule has 0 amide bonds. The topological polar surface area (TPSA) is 61.6 Å². The lowest BCUT2D eigenvalue weighted by Gasteiger charge is -2.09. The monoisotopic (exact) mass is 371 g/mol. The third-order valence-corrected chi connectivity index (χ3v) is 3.68. The first kappa shape index (κ1) is 15.6. The summed E-state index contributed by atoms with van der Waals surface area (Å²) in [5, 5.41) is 12.1. The van der Waals surface area contributed by atoms with Crippen molar-refractivity contribution in [2.75, 3.05) is 7.11 Å². The number of halogens is 2. The van der Waals surface area contributed by atoms with E-state index < -0.39 is 4.92 Å². The molecule has 0 aromatic heterocycles. The van der Waals surface area contributed by atoms with Crippen LogP contribution in [0.5, 0.6) is 17.2 Å². The standard InChI is InChI=1S/C14H11BrClNO4/c1-20-10-3-5-14(12(7-10)17(18)19)21-13-4-2-9(8-15)6-11(13)16/h2-7H,8H2,1H3. The number of hydrogen-bond acceptors (Lipinski definition) is 4. The fourth-order valence-corrected chi connectivity index (χ4v) is 2.27. The van der Waals surface area contributed by atoms with Crippen LogP contribution in [0, 0.1) is 10.1 Å². The van der Waals surface area contributed by atoms with Crippen LogP contribution in [0.15, 0.2) is 36.4 Å². The molecule has 0 radical (unpaired) electrons. The van der Waals surface area contributed by atoms with E-state index in [1.54, 1.807) is 18.2 Å². The van der Waals surface area contributed by atoms with Gasteiger partial charge in [-0.15, -0.1) is 0 Å². The molecule has 7 heteroatoms. The van der Waals surface area contributed by atoms with Gasteiger partial charge in [0.05, 0.1) is 23.1 Å². The average Bonchev–Trinajstić information content (AvgIpc) is 2.49. The first-order chi connectivity index (χ1) is 10.0. The first-order valence-electron chi connectivity index (χ1n) is 5.90. The number of benzene rings is 2. The number of nitro groups is 1. The fourth-order valence-electron chi connectivity index (χ4n) is 1.68. The SMILES string of the molecule is COc1ccc(Oc2ccc(CBr)cc2Cl)c([N+](=O)[O-])c1. The van der Waals surface area contributed by atoms with Crippen LogP contribution in [0.3, 0.4) is 0 Å². The lowest BCUT2D eigenvalue weighted by Crippen LogP contribution is -1.95. The molecule has 0 heterocycles. The largest absolute Gasteiger partial charge is 0.496 e. The van der Waals surface area contributed by atoms with Gasteiger partial charge in [-0.25, -0.2) is 0 Å². The molecule has 0 bridgehead atoms. The van der Waals surface area contributed by atoms with E-state index in [4.69, 9.17) is 21.1 Å². The summed E-state index contributed by atoms with van der Waals surface area (Å²) in [5.74, 6) is 0.846. The third-order valence-electron chi connectivity index (χ3n) is 2.73. The molecule has 0 saturated heterocycles. The molecule has 0 fully saturated rings. The van der Waals surface area contributed by atoms with Crippen LogP contribution in [0.2, 0.25) is 5.02 Å². The zero-order valence-electron chi connectivity index (χ0n) is 11.0. The van der Waals surface area contributed by atoms with E-state index in [9.17, 15) is 10.1 Å². The van der Waals surface area contributed by atoms with Crippen molar-refractivity contribution >= 4 is 33.2 Å². The van der Waals surface area contributed by atoms with Gasteiger partial charge in [0, 0.05) is 5.33 Å².